The fourth-order valence-electron chi connectivity index (χ4n) is 2.24. The van der Waals surface area contributed by atoms with E-state index >= 15 is 0 Å². The molecule has 0 saturated heterocycles. The largest absolute Gasteiger partial charge is 0.493 e. The van der Waals surface area contributed by atoms with Crippen LogP contribution in [0.5, 0.6) is 0 Å². The quantitative estimate of drug-likeness (QED) is 0.738. The number of aliphatic hydroxyl groups is 2. The lowest BCUT2D eigenvalue weighted by Crippen LogP contribution is -2.55. The van der Waals surface area contributed by atoms with Crippen LogP contribution in [0.3, 0.4) is 0 Å². The van der Waals surface area contributed by atoms with Gasteiger partial charge >= 0.3 is 0 Å². The first-order valence-electron chi connectivity index (χ1n) is 6.13. The van der Waals surface area contributed by atoms with Crippen LogP contribution in [-0.2, 0) is 14.3 Å². The highest BCUT2D eigenvalue weighted by Crippen LogP contribution is 2.40. The second kappa shape index (κ2) is 5.16. The van der Waals surface area contributed by atoms with Crippen LogP contribution >= 0.6 is 11.6 Å². The Morgan fingerprint density at radius 1 is 1.60 bits per heavy atom. The topological polar surface area (TPSA) is 83.8 Å². The van der Waals surface area contributed by atoms with Crippen LogP contribution in [0.4, 0.5) is 0 Å². The Balaban J connectivity index is 2.43. The Hall–Kier alpha value is -1.43. The second-order valence-corrected chi connectivity index (χ2v) is 5.48. The van der Waals surface area contributed by atoms with Crippen molar-refractivity contribution in [3.05, 3.63) is 34.6 Å². The van der Waals surface area contributed by atoms with Crippen LogP contribution in [0.25, 0.3) is 0 Å². The van der Waals surface area contributed by atoms with E-state index in [0.717, 1.165) is 0 Å². The Kier molecular flexibility index (Phi) is 3.86. The van der Waals surface area contributed by atoms with Crippen molar-refractivity contribution in [2.75, 3.05) is 6.61 Å². The first-order chi connectivity index (χ1) is 9.25. The molecule has 0 unspecified atom stereocenters. The summed E-state index contributed by atoms with van der Waals surface area (Å²) in [5.41, 5.74) is -1.50. The van der Waals surface area contributed by atoms with E-state index in [1.807, 2.05) is 0 Å². The summed E-state index contributed by atoms with van der Waals surface area (Å²) in [6.07, 6.45) is 3.02. The lowest BCUT2D eigenvalue weighted by Gasteiger charge is -2.40. The van der Waals surface area contributed by atoms with E-state index in [1.54, 1.807) is 0 Å². The summed E-state index contributed by atoms with van der Waals surface area (Å²) in [5, 5.41) is 20.0. The van der Waals surface area contributed by atoms with Crippen molar-refractivity contribution >= 4 is 23.2 Å². The summed E-state index contributed by atoms with van der Waals surface area (Å²) in [6, 6.07) is 0. The molecule has 2 rings (SSSR count). The number of allylic oxidation sites excluding steroid dienone is 3. The number of aliphatic hydroxyl groups excluding tert-OH is 1. The Morgan fingerprint density at radius 3 is 2.85 bits per heavy atom. The van der Waals surface area contributed by atoms with Crippen molar-refractivity contribution in [2.24, 2.45) is 5.92 Å². The van der Waals surface area contributed by atoms with Gasteiger partial charge in [0.1, 0.15) is 11.9 Å². The fourth-order valence-corrected chi connectivity index (χ4v) is 2.63. The van der Waals surface area contributed by atoms with E-state index < -0.39 is 23.4 Å². The molecule has 0 saturated carbocycles. The van der Waals surface area contributed by atoms with Gasteiger partial charge in [-0.1, -0.05) is 11.6 Å². The molecule has 0 radical (unpaired) electrons. The lowest BCUT2D eigenvalue weighted by atomic mass is 9.75. The Bertz CT molecular complexity index is 556. The smallest absolute Gasteiger partial charge is 0.208 e. The second-order valence-electron chi connectivity index (χ2n) is 5.10. The predicted molar refractivity (Wildman–Crippen MR) is 71.9 cm³/mol. The number of fused-ring (bicyclic) bond motifs is 1. The molecule has 3 atom stereocenters. The first-order valence-corrected chi connectivity index (χ1v) is 6.51. The van der Waals surface area contributed by atoms with E-state index in [0.29, 0.717) is 11.3 Å². The third-order valence-electron chi connectivity index (χ3n) is 3.48. The van der Waals surface area contributed by atoms with Crippen molar-refractivity contribution in [1.82, 2.24) is 0 Å². The molecule has 5 nitrogen and oxygen atoms in total. The van der Waals surface area contributed by atoms with Gasteiger partial charge in [-0.2, -0.15) is 0 Å². The molecule has 0 bridgehead atoms. The van der Waals surface area contributed by atoms with E-state index in [-0.39, 0.29) is 17.4 Å². The fraction of sp³-hybridized carbons (Fsp3) is 0.429. The molecule has 2 aliphatic rings. The molecule has 0 aromatic carbocycles. The highest BCUT2D eigenvalue weighted by atomic mass is 35.5. The van der Waals surface area contributed by atoms with Gasteiger partial charge in [-0.3, -0.25) is 9.59 Å². The number of ketones is 2. The third kappa shape index (κ3) is 2.44. The molecule has 20 heavy (non-hydrogen) atoms. The highest BCUT2D eigenvalue weighted by molar-refractivity contribution is 6.44. The maximum absolute atomic E-state index is 11.9. The maximum atomic E-state index is 11.9. The molecule has 0 amide bonds. The van der Waals surface area contributed by atoms with Crippen molar-refractivity contribution in [3.63, 3.8) is 0 Å². The van der Waals surface area contributed by atoms with Crippen LogP contribution in [-0.4, -0.2) is 40.1 Å². The summed E-state index contributed by atoms with van der Waals surface area (Å²) >= 11 is 5.99. The van der Waals surface area contributed by atoms with Gasteiger partial charge in [0.25, 0.3) is 0 Å². The van der Waals surface area contributed by atoms with Crippen molar-refractivity contribution in [2.45, 2.75) is 25.6 Å². The number of hydrogen-bond donors (Lipinski definition) is 2. The van der Waals surface area contributed by atoms with Gasteiger partial charge < -0.3 is 14.9 Å². The van der Waals surface area contributed by atoms with Crippen molar-refractivity contribution < 1.29 is 24.5 Å². The van der Waals surface area contributed by atoms with Crippen LogP contribution in [0.2, 0.25) is 0 Å². The number of carbonyl (C=O) groups is 2. The molecular weight excluding hydrogens is 284 g/mol. The van der Waals surface area contributed by atoms with Gasteiger partial charge in [0.15, 0.2) is 11.4 Å². The number of halogens is 1. The van der Waals surface area contributed by atoms with Crippen LogP contribution in [0, 0.1) is 5.92 Å². The molecule has 0 fully saturated rings. The molecule has 6 heteroatoms. The van der Waals surface area contributed by atoms with Gasteiger partial charge in [0.2, 0.25) is 5.78 Å². The molecule has 108 valence electrons. The zero-order valence-corrected chi connectivity index (χ0v) is 11.8. The molecule has 0 spiro atoms. The number of Topliss-reactive ketones (excluding diaryl/α,β-unsaturated/α-hetero) is 1. The number of carbonyl (C=O) groups excluding carboxylic acids is 2. The lowest BCUT2D eigenvalue weighted by molar-refractivity contribution is -0.150. The van der Waals surface area contributed by atoms with Gasteiger partial charge in [0.05, 0.1) is 11.6 Å². The maximum Gasteiger partial charge on any atom is 0.208 e. The zero-order chi connectivity index (χ0) is 15.1. The predicted octanol–water partition coefficient (Wildman–Crippen LogP) is 0.849. The van der Waals surface area contributed by atoms with Gasteiger partial charge in [-0.25, -0.2) is 0 Å². The summed E-state index contributed by atoms with van der Waals surface area (Å²) in [7, 11) is 0. The van der Waals surface area contributed by atoms with E-state index in [9.17, 15) is 19.8 Å². The minimum absolute atomic E-state index is 0.0736. The van der Waals surface area contributed by atoms with Crippen molar-refractivity contribution in [1.29, 1.82) is 0 Å². The normalized spacial score (nSPS) is 33.9. The minimum atomic E-state index is -1.92. The number of ether oxygens (including phenoxy) is 1. The first kappa shape index (κ1) is 15.0. The Morgan fingerprint density at radius 2 is 2.25 bits per heavy atom. The van der Waals surface area contributed by atoms with E-state index in [4.69, 9.17) is 16.3 Å². The standard InChI is InChI=1S/C14H15ClO5/c1-7(16)3-4-8-5-9-10(6-20-8)12(17)14(2,19)13(18)11(9)15/h3-5,10,12,17,19H,6H2,1-2H3/b4-3+/t10-,12-,14-/m1/s1. The molecule has 1 aliphatic carbocycles. The molecule has 1 aliphatic heterocycles. The SMILES string of the molecule is CC(=O)/C=C/C1=CC2=C(Cl)C(=O)[C@](C)(O)[C@H](O)[C@@H]2CO1. The summed E-state index contributed by atoms with van der Waals surface area (Å²) in [5.74, 6) is -1.05. The average molecular weight is 299 g/mol. The number of hydrogen-bond acceptors (Lipinski definition) is 5. The summed E-state index contributed by atoms with van der Waals surface area (Å²) in [6.45, 7) is 2.71. The Labute approximate surface area is 121 Å². The third-order valence-corrected chi connectivity index (χ3v) is 3.87. The summed E-state index contributed by atoms with van der Waals surface area (Å²) in [4.78, 5) is 22.8. The van der Waals surface area contributed by atoms with Gasteiger partial charge in [-0.05, 0) is 37.6 Å². The molecule has 0 aromatic heterocycles. The number of rotatable bonds is 2. The van der Waals surface area contributed by atoms with Gasteiger partial charge in [0, 0.05) is 5.92 Å². The minimum Gasteiger partial charge on any atom is -0.493 e. The average Bonchev–Trinajstić information content (AvgIpc) is 2.41. The molecular formula is C14H15ClO5. The van der Waals surface area contributed by atoms with E-state index in [1.165, 1.54) is 32.1 Å². The molecule has 2 N–H and O–H groups in total. The van der Waals surface area contributed by atoms with E-state index in [2.05, 4.69) is 0 Å². The van der Waals surface area contributed by atoms with Crippen LogP contribution in [0.1, 0.15) is 13.8 Å². The van der Waals surface area contributed by atoms with Crippen LogP contribution < -0.4 is 0 Å². The molecule has 1 heterocycles. The molecule has 0 aromatic rings. The van der Waals surface area contributed by atoms with Crippen molar-refractivity contribution in [3.8, 4) is 0 Å². The van der Waals surface area contributed by atoms with Gasteiger partial charge in [-0.15, -0.1) is 0 Å². The summed E-state index contributed by atoms with van der Waals surface area (Å²) < 4.78 is 5.39. The zero-order valence-electron chi connectivity index (χ0n) is 11.1. The van der Waals surface area contributed by atoms with Crippen LogP contribution in [0.15, 0.2) is 34.6 Å². The monoisotopic (exact) mass is 298 g/mol. The highest BCUT2D eigenvalue weighted by Gasteiger charge is 2.50.